The lowest BCUT2D eigenvalue weighted by Crippen LogP contribution is -2.33. The zero-order chi connectivity index (χ0) is 19.4. The standard InChI is InChI=1S/C23H23NO4/c1-28-23(27)14-7-9-15(10-8-14)24-21(25)19-16-11-12-17(20(19)22(24)26)18(16)13-5-3-2-4-6-13/h7-12,16-17,19-20H,2-6H2,1H3/t16-,17-,19+,20+/m0/s1. The highest BCUT2D eigenvalue weighted by molar-refractivity contribution is 6.23. The maximum Gasteiger partial charge on any atom is 0.337 e. The molecule has 0 unspecified atom stereocenters. The van der Waals surface area contributed by atoms with Crippen molar-refractivity contribution in [2.45, 2.75) is 32.1 Å². The van der Waals surface area contributed by atoms with Crippen molar-refractivity contribution in [3.8, 4) is 0 Å². The summed E-state index contributed by atoms with van der Waals surface area (Å²) in [6.07, 6.45) is 10.2. The van der Waals surface area contributed by atoms with Gasteiger partial charge in [0.1, 0.15) is 0 Å². The van der Waals surface area contributed by atoms with Crippen molar-refractivity contribution in [2.24, 2.45) is 23.7 Å². The van der Waals surface area contributed by atoms with Gasteiger partial charge in [0.05, 0.1) is 30.2 Å². The summed E-state index contributed by atoms with van der Waals surface area (Å²) in [4.78, 5) is 39.5. The number of anilines is 1. The molecule has 2 amide bonds. The fraction of sp³-hybridized carbons (Fsp3) is 0.435. The van der Waals surface area contributed by atoms with E-state index in [0.29, 0.717) is 11.3 Å². The summed E-state index contributed by atoms with van der Waals surface area (Å²) in [7, 11) is 1.33. The van der Waals surface area contributed by atoms with Crippen molar-refractivity contribution in [1.82, 2.24) is 0 Å². The number of allylic oxidation sites excluding steroid dienone is 4. The molecule has 4 aliphatic rings. The molecule has 5 nitrogen and oxygen atoms in total. The Morgan fingerprint density at radius 2 is 1.50 bits per heavy atom. The van der Waals surface area contributed by atoms with Crippen LogP contribution in [-0.4, -0.2) is 24.9 Å². The average Bonchev–Trinajstić information content (AvgIpc) is 3.38. The predicted octanol–water partition coefficient (Wildman–Crippen LogP) is 3.66. The second-order valence-electron chi connectivity index (χ2n) is 8.16. The largest absolute Gasteiger partial charge is 0.465 e. The summed E-state index contributed by atoms with van der Waals surface area (Å²) in [5.41, 5.74) is 3.80. The average molecular weight is 377 g/mol. The van der Waals surface area contributed by atoms with Crippen molar-refractivity contribution in [3.05, 3.63) is 53.1 Å². The third-order valence-corrected chi connectivity index (χ3v) is 6.83. The summed E-state index contributed by atoms with van der Waals surface area (Å²) in [6.45, 7) is 0. The van der Waals surface area contributed by atoms with Crippen LogP contribution < -0.4 is 4.90 Å². The normalized spacial score (nSPS) is 31.0. The van der Waals surface area contributed by atoms with Crippen molar-refractivity contribution in [3.63, 3.8) is 0 Å². The number of methoxy groups -OCH3 is 1. The van der Waals surface area contributed by atoms with Crippen LogP contribution >= 0.6 is 0 Å². The van der Waals surface area contributed by atoms with Crippen LogP contribution in [0.15, 0.2) is 47.6 Å². The Balaban J connectivity index is 1.46. The lowest BCUT2D eigenvalue weighted by molar-refractivity contribution is -0.122. The molecule has 5 rings (SSSR count). The SMILES string of the molecule is COC(=O)c1ccc(N2C(=O)[C@H]3[C@H](C2=O)[C@H]2C=C[C@H]3C2=C2CCCCC2)cc1. The van der Waals surface area contributed by atoms with Gasteiger partial charge in [-0.1, -0.05) is 29.7 Å². The van der Waals surface area contributed by atoms with Gasteiger partial charge in [-0.25, -0.2) is 9.69 Å². The van der Waals surface area contributed by atoms with Crippen molar-refractivity contribution >= 4 is 23.5 Å². The van der Waals surface area contributed by atoms with Crippen LogP contribution in [0.5, 0.6) is 0 Å². The second-order valence-corrected chi connectivity index (χ2v) is 8.16. The minimum absolute atomic E-state index is 0.0823. The third-order valence-electron chi connectivity index (χ3n) is 6.83. The smallest absolute Gasteiger partial charge is 0.337 e. The number of esters is 1. The molecule has 5 heteroatoms. The molecule has 28 heavy (non-hydrogen) atoms. The maximum absolute atomic E-state index is 13.2. The first kappa shape index (κ1) is 17.4. The van der Waals surface area contributed by atoms with Gasteiger partial charge in [0.15, 0.2) is 0 Å². The second kappa shape index (κ2) is 6.43. The van der Waals surface area contributed by atoms with Crippen molar-refractivity contribution in [1.29, 1.82) is 0 Å². The molecule has 144 valence electrons. The first-order valence-electron chi connectivity index (χ1n) is 10.1. The van der Waals surface area contributed by atoms with Gasteiger partial charge in [0.2, 0.25) is 11.8 Å². The van der Waals surface area contributed by atoms with E-state index in [1.807, 2.05) is 0 Å². The van der Waals surface area contributed by atoms with Crippen LogP contribution in [-0.2, 0) is 14.3 Å². The summed E-state index contributed by atoms with van der Waals surface area (Å²) in [6, 6.07) is 6.49. The first-order chi connectivity index (χ1) is 13.6. The first-order valence-corrected chi connectivity index (χ1v) is 10.1. The highest BCUT2D eigenvalue weighted by Gasteiger charge is 2.62. The van der Waals surface area contributed by atoms with Gasteiger partial charge in [-0.15, -0.1) is 0 Å². The van der Waals surface area contributed by atoms with E-state index in [4.69, 9.17) is 4.74 Å². The summed E-state index contributed by atoms with van der Waals surface area (Å²) < 4.78 is 4.71. The molecule has 2 bridgehead atoms. The number of rotatable bonds is 2. The Bertz CT molecular complexity index is 884. The zero-order valence-electron chi connectivity index (χ0n) is 15.9. The van der Waals surface area contributed by atoms with Gasteiger partial charge in [-0.05, 0) is 49.9 Å². The molecular weight excluding hydrogens is 354 g/mol. The molecule has 1 aromatic carbocycles. The van der Waals surface area contributed by atoms with Gasteiger partial charge >= 0.3 is 5.97 Å². The molecule has 0 N–H and O–H groups in total. The Hall–Kier alpha value is -2.69. The van der Waals surface area contributed by atoms with Gasteiger partial charge < -0.3 is 4.74 Å². The van der Waals surface area contributed by atoms with E-state index in [0.717, 1.165) is 12.8 Å². The number of benzene rings is 1. The van der Waals surface area contributed by atoms with E-state index in [1.165, 1.54) is 42.4 Å². The Labute approximate surface area is 164 Å². The molecule has 0 radical (unpaired) electrons. The molecule has 1 heterocycles. The number of imide groups is 1. The van der Waals surface area contributed by atoms with Crippen molar-refractivity contribution < 1.29 is 19.1 Å². The zero-order valence-corrected chi connectivity index (χ0v) is 15.9. The molecule has 0 spiro atoms. The fourth-order valence-corrected chi connectivity index (χ4v) is 5.62. The van der Waals surface area contributed by atoms with Crippen LogP contribution in [0, 0.1) is 23.7 Å². The van der Waals surface area contributed by atoms with Crippen LogP contribution in [0.4, 0.5) is 5.69 Å². The van der Waals surface area contributed by atoms with E-state index in [2.05, 4.69) is 12.2 Å². The Morgan fingerprint density at radius 3 is 2.04 bits per heavy atom. The molecule has 1 aliphatic heterocycles. The number of hydrogen-bond donors (Lipinski definition) is 0. The van der Waals surface area contributed by atoms with Gasteiger partial charge in [-0.2, -0.15) is 0 Å². The Morgan fingerprint density at radius 1 is 0.929 bits per heavy atom. The van der Waals surface area contributed by atoms with Gasteiger partial charge in [-0.3, -0.25) is 9.59 Å². The number of ether oxygens (including phenoxy) is 1. The summed E-state index contributed by atoms with van der Waals surface area (Å²) in [5.74, 6) is -1.02. The number of nitrogens with zero attached hydrogens (tertiary/aromatic N) is 1. The molecule has 0 aromatic heterocycles. The summed E-state index contributed by atoms with van der Waals surface area (Å²) in [5, 5.41) is 0. The topological polar surface area (TPSA) is 63.7 Å². The van der Waals surface area contributed by atoms with E-state index < -0.39 is 5.97 Å². The highest BCUT2D eigenvalue weighted by atomic mass is 16.5. The highest BCUT2D eigenvalue weighted by Crippen LogP contribution is 2.58. The van der Waals surface area contributed by atoms with Crippen molar-refractivity contribution in [2.75, 3.05) is 12.0 Å². The number of amides is 2. The number of carbonyl (C=O) groups is 3. The lowest BCUT2D eigenvalue weighted by Gasteiger charge is -2.23. The van der Waals surface area contributed by atoms with Crippen LogP contribution in [0.2, 0.25) is 0 Å². The van der Waals surface area contributed by atoms with E-state index in [1.54, 1.807) is 24.3 Å². The van der Waals surface area contributed by atoms with Gasteiger partial charge in [0, 0.05) is 11.8 Å². The molecule has 4 atom stereocenters. The van der Waals surface area contributed by atoms with Crippen LogP contribution in [0.25, 0.3) is 0 Å². The number of hydrogen-bond acceptors (Lipinski definition) is 4. The van der Waals surface area contributed by atoms with E-state index in [-0.39, 0.29) is 35.5 Å². The van der Waals surface area contributed by atoms with Gasteiger partial charge in [0.25, 0.3) is 0 Å². The van der Waals surface area contributed by atoms with Crippen LogP contribution in [0.1, 0.15) is 42.5 Å². The minimum atomic E-state index is -0.437. The fourth-order valence-electron chi connectivity index (χ4n) is 5.62. The number of fused-ring (bicyclic) bond motifs is 5. The van der Waals surface area contributed by atoms with E-state index in [9.17, 15) is 14.4 Å². The molecule has 3 fully saturated rings. The third kappa shape index (κ3) is 2.35. The predicted molar refractivity (Wildman–Crippen MR) is 103 cm³/mol. The van der Waals surface area contributed by atoms with E-state index >= 15 is 0 Å². The molecule has 3 aliphatic carbocycles. The molecule has 2 saturated carbocycles. The monoisotopic (exact) mass is 377 g/mol. The number of carbonyl (C=O) groups excluding carboxylic acids is 3. The molecule has 1 saturated heterocycles. The molecule has 1 aromatic rings. The van der Waals surface area contributed by atoms with Crippen LogP contribution in [0.3, 0.4) is 0 Å². The molecular formula is C23H23NO4. The quantitative estimate of drug-likeness (QED) is 0.448. The Kier molecular flexibility index (Phi) is 4.00. The minimum Gasteiger partial charge on any atom is -0.465 e. The summed E-state index contributed by atoms with van der Waals surface area (Å²) >= 11 is 0. The lowest BCUT2D eigenvalue weighted by atomic mass is 9.85. The maximum atomic E-state index is 13.2.